The molecule has 0 saturated heterocycles. The van der Waals surface area contributed by atoms with Crippen molar-refractivity contribution in [3.8, 4) is 5.95 Å². The van der Waals surface area contributed by atoms with Crippen LogP contribution in [0.15, 0.2) is 18.5 Å². The standard InChI is InChI=1S/C11H13IN4/c1-7(2)10-4-8(3)14-11(15-10)16-6-9(12)5-13-16/h4-7H,1-3H3. The van der Waals surface area contributed by atoms with Crippen molar-refractivity contribution in [2.24, 2.45) is 0 Å². The van der Waals surface area contributed by atoms with Crippen LogP contribution in [0.5, 0.6) is 0 Å². The molecule has 2 aromatic rings. The van der Waals surface area contributed by atoms with Crippen molar-refractivity contribution in [1.29, 1.82) is 0 Å². The molecular formula is C11H13IN4. The van der Waals surface area contributed by atoms with Gasteiger partial charge in [-0.25, -0.2) is 14.6 Å². The van der Waals surface area contributed by atoms with E-state index in [4.69, 9.17) is 0 Å². The molecule has 84 valence electrons. The zero-order chi connectivity index (χ0) is 11.7. The van der Waals surface area contributed by atoms with Gasteiger partial charge in [0.2, 0.25) is 0 Å². The molecule has 0 aliphatic rings. The minimum atomic E-state index is 0.398. The van der Waals surface area contributed by atoms with E-state index >= 15 is 0 Å². The molecule has 0 aromatic carbocycles. The van der Waals surface area contributed by atoms with E-state index in [9.17, 15) is 0 Å². The Morgan fingerprint density at radius 2 is 2.06 bits per heavy atom. The van der Waals surface area contributed by atoms with Gasteiger partial charge in [0, 0.05) is 17.6 Å². The van der Waals surface area contributed by atoms with Crippen LogP contribution in [0, 0.1) is 10.5 Å². The van der Waals surface area contributed by atoms with Crippen LogP contribution in [-0.2, 0) is 0 Å². The van der Waals surface area contributed by atoms with Gasteiger partial charge in [0.05, 0.1) is 9.77 Å². The van der Waals surface area contributed by atoms with Gasteiger partial charge in [0.15, 0.2) is 0 Å². The Hall–Kier alpha value is -0.980. The molecule has 0 radical (unpaired) electrons. The Balaban J connectivity index is 2.49. The van der Waals surface area contributed by atoms with Crippen molar-refractivity contribution in [3.05, 3.63) is 33.4 Å². The molecule has 0 saturated carbocycles. The summed E-state index contributed by atoms with van der Waals surface area (Å²) in [6.07, 6.45) is 3.71. The molecule has 0 aliphatic carbocycles. The van der Waals surface area contributed by atoms with E-state index in [1.807, 2.05) is 19.2 Å². The van der Waals surface area contributed by atoms with Gasteiger partial charge in [-0.15, -0.1) is 0 Å². The van der Waals surface area contributed by atoms with Crippen LogP contribution in [0.2, 0.25) is 0 Å². The number of aryl methyl sites for hydroxylation is 1. The van der Waals surface area contributed by atoms with Gasteiger partial charge >= 0.3 is 0 Å². The second-order valence-corrected chi connectivity index (χ2v) is 5.24. The van der Waals surface area contributed by atoms with Crippen molar-refractivity contribution < 1.29 is 0 Å². The molecule has 2 rings (SSSR count). The molecule has 0 bridgehead atoms. The van der Waals surface area contributed by atoms with E-state index in [-0.39, 0.29) is 0 Å². The first-order chi connectivity index (χ1) is 7.56. The highest BCUT2D eigenvalue weighted by Crippen LogP contribution is 2.14. The monoisotopic (exact) mass is 328 g/mol. The predicted octanol–water partition coefficient (Wildman–Crippen LogP) is 2.70. The van der Waals surface area contributed by atoms with Gasteiger partial charge in [-0.1, -0.05) is 13.8 Å². The van der Waals surface area contributed by atoms with Gasteiger partial charge in [-0.05, 0) is 41.5 Å². The molecule has 2 heterocycles. The third-order valence-electron chi connectivity index (χ3n) is 2.21. The maximum atomic E-state index is 4.50. The van der Waals surface area contributed by atoms with Crippen molar-refractivity contribution >= 4 is 22.6 Å². The summed E-state index contributed by atoms with van der Waals surface area (Å²) in [5.74, 6) is 1.04. The van der Waals surface area contributed by atoms with Gasteiger partial charge in [-0.2, -0.15) is 5.10 Å². The minimum absolute atomic E-state index is 0.398. The third kappa shape index (κ3) is 2.40. The lowest BCUT2D eigenvalue weighted by Crippen LogP contribution is -2.06. The molecule has 0 N–H and O–H groups in total. The first-order valence-corrected chi connectivity index (χ1v) is 6.20. The van der Waals surface area contributed by atoms with Crippen LogP contribution < -0.4 is 0 Å². The van der Waals surface area contributed by atoms with Crippen molar-refractivity contribution in [3.63, 3.8) is 0 Å². The molecule has 16 heavy (non-hydrogen) atoms. The number of halogens is 1. The second-order valence-electron chi connectivity index (χ2n) is 3.99. The average molecular weight is 328 g/mol. The molecule has 0 amide bonds. The Labute approximate surface area is 108 Å². The second kappa shape index (κ2) is 4.48. The van der Waals surface area contributed by atoms with E-state index < -0.39 is 0 Å². The summed E-state index contributed by atoms with van der Waals surface area (Å²) >= 11 is 2.22. The first kappa shape index (κ1) is 11.5. The number of hydrogen-bond donors (Lipinski definition) is 0. The average Bonchev–Trinajstić information content (AvgIpc) is 2.64. The van der Waals surface area contributed by atoms with Crippen LogP contribution in [0.25, 0.3) is 5.95 Å². The molecule has 0 fully saturated rings. The highest BCUT2D eigenvalue weighted by atomic mass is 127. The van der Waals surface area contributed by atoms with Crippen molar-refractivity contribution in [1.82, 2.24) is 19.7 Å². The minimum Gasteiger partial charge on any atom is -0.216 e. The van der Waals surface area contributed by atoms with E-state index in [1.165, 1.54) is 0 Å². The lowest BCUT2D eigenvalue weighted by atomic mass is 10.1. The van der Waals surface area contributed by atoms with E-state index in [0.717, 1.165) is 15.0 Å². The number of nitrogens with zero attached hydrogens (tertiary/aromatic N) is 4. The van der Waals surface area contributed by atoms with Gasteiger partial charge in [0.1, 0.15) is 0 Å². The highest BCUT2D eigenvalue weighted by Gasteiger charge is 2.08. The van der Waals surface area contributed by atoms with E-state index in [0.29, 0.717) is 11.9 Å². The highest BCUT2D eigenvalue weighted by molar-refractivity contribution is 14.1. The normalized spacial score (nSPS) is 11.1. The molecule has 0 aliphatic heterocycles. The predicted molar refractivity (Wildman–Crippen MR) is 70.7 cm³/mol. The van der Waals surface area contributed by atoms with Gasteiger partial charge < -0.3 is 0 Å². The summed E-state index contributed by atoms with van der Waals surface area (Å²) in [5.41, 5.74) is 2.02. The fourth-order valence-electron chi connectivity index (χ4n) is 1.39. The summed E-state index contributed by atoms with van der Waals surface area (Å²) in [6.45, 7) is 6.22. The Kier molecular flexibility index (Phi) is 3.22. The van der Waals surface area contributed by atoms with Crippen LogP contribution in [0.4, 0.5) is 0 Å². The molecule has 0 unspecified atom stereocenters. The lowest BCUT2D eigenvalue weighted by molar-refractivity contribution is 0.750. The SMILES string of the molecule is Cc1cc(C(C)C)nc(-n2cc(I)cn2)n1. The molecule has 4 nitrogen and oxygen atoms in total. The summed E-state index contributed by atoms with van der Waals surface area (Å²) < 4.78 is 2.79. The summed E-state index contributed by atoms with van der Waals surface area (Å²) in [5, 5.41) is 4.21. The molecular weight excluding hydrogens is 315 g/mol. The molecule has 2 aromatic heterocycles. The van der Waals surface area contributed by atoms with Crippen LogP contribution in [0.1, 0.15) is 31.2 Å². The van der Waals surface area contributed by atoms with Crippen molar-refractivity contribution in [2.75, 3.05) is 0 Å². The summed E-state index contributed by atoms with van der Waals surface area (Å²) in [4.78, 5) is 8.89. The van der Waals surface area contributed by atoms with Crippen LogP contribution in [0.3, 0.4) is 0 Å². The van der Waals surface area contributed by atoms with E-state index in [2.05, 4.69) is 51.5 Å². The summed E-state index contributed by atoms with van der Waals surface area (Å²) in [6, 6.07) is 2.02. The van der Waals surface area contributed by atoms with Gasteiger partial charge in [-0.3, -0.25) is 0 Å². The number of rotatable bonds is 2. The smallest absolute Gasteiger partial charge is 0.216 e. The fraction of sp³-hybridized carbons (Fsp3) is 0.364. The Morgan fingerprint density at radius 3 is 2.62 bits per heavy atom. The maximum Gasteiger partial charge on any atom is 0.250 e. The lowest BCUT2D eigenvalue weighted by Gasteiger charge is -2.07. The zero-order valence-electron chi connectivity index (χ0n) is 9.48. The first-order valence-electron chi connectivity index (χ1n) is 5.12. The largest absolute Gasteiger partial charge is 0.250 e. The fourth-order valence-corrected chi connectivity index (χ4v) is 1.77. The topological polar surface area (TPSA) is 43.6 Å². The molecule has 5 heteroatoms. The Morgan fingerprint density at radius 1 is 1.31 bits per heavy atom. The zero-order valence-corrected chi connectivity index (χ0v) is 11.6. The van der Waals surface area contributed by atoms with Gasteiger partial charge in [0.25, 0.3) is 5.95 Å². The maximum absolute atomic E-state index is 4.50. The number of aromatic nitrogens is 4. The van der Waals surface area contributed by atoms with Crippen molar-refractivity contribution in [2.45, 2.75) is 26.7 Å². The molecule has 0 atom stereocenters. The van der Waals surface area contributed by atoms with Crippen LogP contribution in [-0.4, -0.2) is 19.7 Å². The Bertz CT molecular complexity index is 504. The molecule has 0 spiro atoms. The van der Waals surface area contributed by atoms with Crippen LogP contribution >= 0.6 is 22.6 Å². The number of hydrogen-bond acceptors (Lipinski definition) is 3. The summed E-state index contributed by atoms with van der Waals surface area (Å²) in [7, 11) is 0. The van der Waals surface area contributed by atoms with E-state index in [1.54, 1.807) is 10.9 Å². The quantitative estimate of drug-likeness (QED) is 0.796. The third-order valence-corrected chi connectivity index (χ3v) is 2.77.